The van der Waals surface area contributed by atoms with E-state index >= 15 is 0 Å². The third-order valence-electron chi connectivity index (χ3n) is 3.13. The largest absolute Gasteiger partial charge is 0.334 e. The van der Waals surface area contributed by atoms with Crippen molar-refractivity contribution in [3.05, 3.63) is 53.4 Å². The lowest BCUT2D eigenvalue weighted by molar-refractivity contribution is 0.429. The summed E-state index contributed by atoms with van der Waals surface area (Å²) < 4.78 is 42.3. The van der Waals surface area contributed by atoms with Crippen LogP contribution < -0.4 is 5.32 Å². The quantitative estimate of drug-likeness (QED) is 0.855. The van der Waals surface area contributed by atoms with Crippen molar-refractivity contribution in [1.29, 1.82) is 0 Å². The van der Waals surface area contributed by atoms with Crippen LogP contribution in [0.25, 0.3) is 0 Å². The molecule has 1 unspecified atom stereocenters. The molecule has 0 aliphatic rings. The predicted molar refractivity (Wildman–Crippen MR) is 69.7 cm³/mol. The maximum Gasteiger partial charge on any atom is 0.194 e. The van der Waals surface area contributed by atoms with Gasteiger partial charge in [-0.2, -0.15) is 0 Å². The van der Waals surface area contributed by atoms with Crippen LogP contribution in [0.1, 0.15) is 31.3 Å². The first kappa shape index (κ1) is 14.6. The molecule has 1 atom stereocenters. The number of halogens is 3. The third kappa shape index (κ3) is 2.56. The zero-order valence-electron chi connectivity index (χ0n) is 11.3. The summed E-state index contributed by atoms with van der Waals surface area (Å²) in [6.45, 7) is 4.97. The Bertz CT molecular complexity index is 595. The Balaban J connectivity index is 2.52. The second-order valence-corrected chi connectivity index (χ2v) is 4.33. The first-order valence-electron chi connectivity index (χ1n) is 6.47. The molecule has 0 radical (unpaired) electrons. The molecule has 0 saturated heterocycles. The first-order valence-corrected chi connectivity index (χ1v) is 6.47. The lowest BCUT2D eigenvalue weighted by Gasteiger charge is -2.20. The fourth-order valence-corrected chi connectivity index (χ4v) is 2.16. The number of hydrogen-bond acceptors (Lipinski definition) is 2. The molecule has 1 heterocycles. The van der Waals surface area contributed by atoms with Crippen LogP contribution in [0.5, 0.6) is 0 Å². The average Bonchev–Trinajstić information content (AvgIpc) is 2.91. The minimum atomic E-state index is -1.46. The molecule has 20 heavy (non-hydrogen) atoms. The molecule has 3 nitrogen and oxygen atoms in total. The summed E-state index contributed by atoms with van der Waals surface area (Å²) in [4.78, 5) is 4.19. The van der Waals surface area contributed by atoms with Crippen LogP contribution in [0.4, 0.5) is 13.2 Å². The van der Waals surface area contributed by atoms with E-state index in [2.05, 4.69) is 10.3 Å². The standard InChI is InChI=1S/C14H16F3N3/c1-3-18-13(14-19-7-8-20(14)4-2)9-5-6-10(15)12(17)11(9)16/h5-8,13,18H,3-4H2,1-2H3. The molecule has 0 fully saturated rings. The highest BCUT2D eigenvalue weighted by molar-refractivity contribution is 5.28. The Hall–Kier alpha value is -1.82. The van der Waals surface area contributed by atoms with Gasteiger partial charge in [-0.1, -0.05) is 13.0 Å². The second kappa shape index (κ2) is 6.09. The highest BCUT2D eigenvalue weighted by atomic mass is 19.2. The zero-order chi connectivity index (χ0) is 14.7. The summed E-state index contributed by atoms with van der Waals surface area (Å²) in [7, 11) is 0. The fourth-order valence-electron chi connectivity index (χ4n) is 2.16. The van der Waals surface area contributed by atoms with Gasteiger partial charge in [-0.3, -0.25) is 0 Å². The van der Waals surface area contributed by atoms with Crippen molar-refractivity contribution >= 4 is 0 Å². The topological polar surface area (TPSA) is 29.9 Å². The van der Waals surface area contributed by atoms with E-state index in [4.69, 9.17) is 0 Å². The van der Waals surface area contributed by atoms with Crippen LogP contribution in [-0.4, -0.2) is 16.1 Å². The van der Waals surface area contributed by atoms with Gasteiger partial charge in [-0.25, -0.2) is 18.2 Å². The predicted octanol–water partition coefficient (Wildman–Crippen LogP) is 3.02. The third-order valence-corrected chi connectivity index (χ3v) is 3.13. The van der Waals surface area contributed by atoms with Gasteiger partial charge in [0, 0.05) is 24.5 Å². The fraction of sp³-hybridized carbons (Fsp3) is 0.357. The van der Waals surface area contributed by atoms with Gasteiger partial charge in [0.1, 0.15) is 5.82 Å². The molecule has 1 aromatic heterocycles. The van der Waals surface area contributed by atoms with Crippen molar-refractivity contribution in [2.75, 3.05) is 6.54 Å². The van der Waals surface area contributed by atoms with Crippen molar-refractivity contribution in [3.8, 4) is 0 Å². The Morgan fingerprint density at radius 2 is 1.95 bits per heavy atom. The summed E-state index contributed by atoms with van der Waals surface area (Å²) in [6, 6.07) is 1.55. The number of nitrogens with one attached hydrogen (secondary N) is 1. The molecule has 2 rings (SSSR count). The Morgan fingerprint density at radius 1 is 1.20 bits per heavy atom. The maximum absolute atomic E-state index is 14.0. The van der Waals surface area contributed by atoms with Crippen molar-refractivity contribution < 1.29 is 13.2 Å². The maximum atomic E-state index is 14.0. The Kier molecular flexibility index (Phi) is 4.44. The van der Waals surface area contributed by atoms with Crippen molar-refractivity contribution in [1.82, 2.24) is 14.9 Å². The SMILES string of the molecule is CCNC(c1ccc(F)c(F)c1F)c1nccn1CC. The highest BCUT2D eigenvalue weighted by Gasteiger charge is 2.24. The van der Waals surface area contributed by atoms with Crippen LogP contribution in [-0.2, 0) is 6.54 Å². The van der Waals surface area contributed by atoms with Crippen LogP contribution in [0.3, 0.4) is 0 Å². The molecular formula is C14H16F3N3. The molecule has 0 spiro atoms. The van der Waals surface area contributed by atoms with Crippen LogP contribution >= 0.6 is 0 Å². The molecule has 1 N–H and O–H groups in total. The number of aryl methyl sites for hydroxylation is 1. The normalized spacial score (nSPS) is 12.7. The van der Waals surface area contributed by atoms with E-state index in [9.17, 15) is 13.2 Å². The minimum Gasteiger partial charge on any atom is -0.334 e. The number of imidazole rings is 1. The molecule has 0 aliphatic heterocycles. The second-order valence-electron chi connectivity index (χ2n) is 4.33. The van der Waals surface area contributed by atoms with Gasteiger partial charge >= 0.3 is 0 Å². The van der Waals surface area contributed by atoms with E-state index in [0.717, 1.165) is 6.07 Å². The molecular weight excluding hydrogens is 267 g/mol. The number of hydrogen-bond donors (Lipinski definition) is 1. The zero-order valence-corrected chi connectivity index (χ0v) is 11.3. The van der Waals surface area contributed by atoms with Gasteiger partial charge in [0.2, 0.25) is 0 Å². The lowest BCUT2D eigenvalue weighted by Crippen LogP contribution is -2.26. The molecule has 0 amide bonds. The van der Waals surface area contributed by atoms with Crippen LogP contribution in [0.15, 0.2) is 24.5 Å². The van der Waals surface area contributed by atoms with Crippen molar-refractivity contribution in [3.63, 3.8) is 0 Å². The minimum absolute atomic E-state index is 0.0478. The van der Waals surface area contributed by atoms with Gasteiger partial charge in [-0.05, 0) is 19.5 Å². The number of rotatable bonds is 5. The summed E-state index contributed by atoms with van der Waals surface area (Å²) in [6.07, 6.45) is 3.36. The molecule has 0 bridgehead atoms. The smallest absolute Gasteiger partial charge is 0.194 e. The van der Waals surface area contributed by atoms with E-state index in [1.807, 2.05) is 18.4 Å². The number of benzene rings is 1. The van der Waals surface area contributed by atoms with Gasteiger partial charge in [0.15, 0.2) is 17.5 Å². The van der Waals surface area contributed by atoms with E-state index in [0.29, 0.717) is 18.9 Å². The summed E-state index contributed by atoms with van der Waals surface area (Å²) in [5.41, 5.74) is 0.0478. The van der Waals surface area contributed by atoms with Crippen LogP contribution in [0, 0.1) is 17.5 Å². The van der Waals surface area contributed by atoms with Crippen molar-refractivity contribution in [2.45, 2.75) is 26.4 Å². The first-order chi connectivity index (χ1) is 9.60. The van der Waals surface area contributed by atoms with E-state index in [-0.39, 0.29) is 5.56 Å². The number of nitrogens with zero attached hydrogens (tertiary/aromatic N) is 2. The van der Waals surface area contributed by atoms with Crippen LogP contribution in [0.2, 0.25) is 0 Å². The van der Waals surface area contributed by atoms with Gasteiger partial charge < -0.3 is 9.88 Å². The molecule has 108 valence electrons. The average molecular weight is 283 g/mol. The van der Waals surface area contributed by atoms with E-state index in [1.165, 1.54) is 6.07 Å². The van der Waals surface area contributed by atoms with E-state index < -0.39 is 23.5 Å². The van der Waals surface area contributed by atoms with Gasteiger partial charge in [0.25, 0.3) is 0 Å². The summed E-state index contributed by atoms with van der Waals surface area (Å²) in [5, 5.41) is 3.05. The molecule has 0 saturated carbocycles. The molecule has 2 aromatic rings. The Morgan fingerprint density at radius 3 is 2.60 bits per heavy atom. The summed E-state index contributed by atoms with van der Waals surface area (Å²) in [5.74, 6) is -3.26. The van der Waals surface area contributed by atoms with Gasteiger partial charge in [-0.15, -0.1) is 0 Å². The molecule has 0 aliphatic carbocycles. The van der Waals surface area contributed by atoms with E-state index in [1.54, 1.807) is 12.4 Å². The summed E-state index contributed by atoms with van der Waals surface area (Å²) >= 11 is 0. The highest BCUT2D eigenvalue weighted by Crippen LogP contribution is 2.26. The van der Waals surface area contributed by atoms with Crippen molar-refractivity contribution in [2.24, 2.45) is 0 Å². The van der Waals surface area contributed by atoms with Gasteiger partial charge in [0.05, 0.1) is 6.04 Å². The molecule has 6 heteroatoms. The molecule has 1 aromatic carbocycles. The lowest BCUT2D eigenvalue weighted by atomic mass is 10.0. The number of aromatic nitrogens is 2. The monoisotopic (exact) mass is 283 g/mol. The Labute approximate surface area is 115 Å².